The first kappa shape index (κ1) is 16.9. The van der Waals surface area contributed by atoms with Gasteiger partial charge in [0.2, 0.25) is 5.69 Å². The van der Waals surface area contributed by atoms with Crippen molar-refractivity contribution < 1.29 is 9.61 Å². The summed E-state index contributed by atoms with van der Waals surface area (Å²) in [4.78, 5) is 15.7. The number of hydrogen-bond acceptors (Lipinski definition) is 4. The Balaban J connectivity index is 1.86. The van der Waals surface area contributed by atoms with Gasteiger partial charge in [-0.15, -0.1) is 4.68 Å². The van der Waals surface area contributed by atoms with E-state index in [-0.39, 0.29) is 5.69 Å². The monoisotopic (exact) mass is 377 g/mol. The summed E-state index contributed by atoms with van der Waals surface area (Å²) in [6.07, 6.45) is 0. The third-order valence-electron chi connectivity index (χ3n) is 3.87. The highest BCUT2D eigenvalue weighted by atomic mass is 32.1. The standard InChI is InChI=1S/C20H14N4O2S/c25-24(26)18-13-11-15(12-14-18)19-23(17-9-5-2-6-10-17)22-20(27-19)21-16-7-3-1-4-8-16/h1-14H/i21+1,22+1,23+1. The summed E-state index contributed by atoms with van der Waals surface area (Å²) in [5, 5.41) is 16.4. The Kier molecular flexibility index (Phi) is 4.59. The number of benzene rings is 3. The highest BCUT2D eigenvalue weighted by Crippen LogP contribution is 2.22. The van der Waals surface area contributed by atoms with Gasteiger partial charge in [-0.25, -0.2) is 0 Å². The molecule has 4 aromatic rings. The van der Waals surface area contributed by atoms with Crippen molar-refractivity contribution >= 4 is 22.7 Å². The second-order valence-electron chi connectivity index (χ2n) is 5.69. The Morgan fingerprint density at radius 2 is 1.52 bits per heavy atom. The van der Waals surface area contributed by atoms with E-state index in [1.807, 2.05) is 65.3 Å². The van der Waals surface area contributed by atoms with Crippen molar-refractivity contribution in [2.75, 3.05) is 0 Å². The molecule has 0 aliphatic carbocycles. The zero-order chi connectivity index (χ0) is 18.6. The molecule has 0 bridgehead atoms. The minimum atomic E-state index is -0.405. The lowest BCUT2D eigenvalue weighted by Crippen LogP contribution is -2.39. The summed E-state index contributed by atoms with van der Waals surface area (Å²) in [5.74, 6) is 0. The van der Waals surface area contributed by atoms with E-state index in [4.69, 9.17) is 0 Å². The van der Waals surface area contributed by atoms with Crippen LogP contribution in [0.4, 0.5) is 11.4 Å². The van der Waals surface area contributed by atoms with E-state index in [9.17, 15) is 10.1 Å². The maximum Gasteiger partial charge on any atom is 0.282 e. The summed E-state index contributed by atoms with van der Waals surface area (Å²) < 4.78 is 1.81. The Hall–Kier alpha value is -3.58. The Labute approximate surface area is 158 Å². The second-order valence-corrected chi connectivity index (χ2v) is 6.64. The molecule has 4 rings (SSSR count). The Bertz CT molecular complexity index is 1130. The molecule has 0 amide bonds. The van der Waals surface area contributed by atoms with Crippen LogP contribution >= 0.6 is 11.3 Å². The molecule has 7 heteroatoms. The summed E-state index contributed by atoms with van der Waals surface area (Å²) in [6, 6.07) is 25.8. The molecule has 6 nitrogen and oxygen atoms in total. The second kappa shape index (κ2) is 7.35. The van der Waals surface area contributed by atoms with Crippen LogP contribution in [-0.4, -0.2) is 4.92 Å². The van der Waals surface area contributed by atoms with Gasteiger partial charge in [0.1, 0.15) is 0 Å². The molecule has 0 radical (unpaired) electrons. The van der Waals surface area contributed by atoms with E-state index in [1.54, 1.807) is 12.1 Å². The normalized spacial score (nSPS) is 11.5. The van der Waals surface area contributed by atoms with Crippen LogP contribution < -0.4 is 14.6 Å². The van der Waals surface area contributed by atoms with Gasteiger partial charge >= 0.3 is 0 Å². The highest BCUT2D eigenvalue weighted by molar-refractivity contribution is 7.11. The fraction of sp³-hybridized carbons (Fsp3) is 0. The number of nitrogens with zero attached hydrogens (tertiary/aromatic N) is 4. The SMILES string of the molecule is O=[N+]([O-])c1ccc(-c2sc(=[15N]c3ccccc3)[15n-][15n+]2-c2ccccc2)cc1. The maximum atomic E-state index is 10.9. The van der Waals surface area contributed by atoms with Gasteiger partial charge < -0.3 is 4.99 Å². The molecule has 0 aliphatic heterocycles. The van der Waals surface area contributed by atoms with Crippen molar-refractivity contribution in [3.8, 4) is 16.3 Å². The molecule has 0 atom stereocenters. The smallest absolute Gasteiger partial charge is 0.282 e. The van der Waals surface area contributed by atoms with Crippen molar-refractivity contribution in [2.24, 2.45) is 4.99 Å². The molecule has 3 aromatic carbocycles. The first-order chi connectivity index (χ1) is 13.2. The number of rotatable bonds is 4. The third-order valence-corrected chi connectivity index (χ3v) is 4.83. The predicted octanol–water partition coefficient (Wildman–Crippen LogP) is 3.79. The van der Waals surface area contributed by atoms with Crippen LogP contribution in [0.15, 0.2) is 89.9 Å². The maximum absolute atomic E-state index is 10.9. The molecule has 0 saturated heterocycles. The highest BCUT2D eigenvalue weighted by Gasteiger charge is 2.18. The summed E-state index contributed by atoms with van der Waals surface area (Å²) in [7, 11) is 0. The number of aromatic nitrogens is 2. The fourth-order valence-electron chi connectivity index (χ4n) is 2.59. The zero-order valence-electron chi connectivity index (χ0n) is 14.1. The van der Waals surface area contributed by atoms with Gasteiger partial charge in [0, 0.05) is 24.3 Å². The minimum Gasteiger partial charge on any atom is -0.423 e. The number of hydrogen-bond donors (Lipinski definition) is 0. The number of nitro benzene ring substituents is 1. The van der Waals surface area contributed by atoms with Gasteiger partial charge in [0.15, 0.2) is 0 Å². The molecule has 0 spiro atoms. The summed E-state index contributed by atoms with van der Waals surface area (Å²) in [5.41, 5.74) is 2.62. The van der Waals surface area contributed by atoms with Gasteiger partial charge in [-0.2, -0.15) is 5.10 Å². The number of nitro groups is 1. The Morgan fingerprint density at radius 1 is 0.889 bits per heavy atom. The van der Waals surface area contributed by atoms with Crippen LogP contribution in [0.3, 0.4) is 0 Å². The molecule has 132 valence electrons. The van der Waals surface area contributed by atoms with Gasteiger partial charge in [-0.1, -0.05) is 59.9 Å². The van der Waals surface area contributed by atoms with Crippen molar-refractivity contribution in [2.45, 2.75) is 0 Å². The van der Waals surface area contributed by atoms with E-state index < -0.39 is 4.92 Å². The van der Waals surface area contributed by atoms with E-state index >= 15 is 0 Å². The summed E-state index contributed by atoms with van der Waals surface area (Å²) in [6.45, 7) is 0. The number of para-hydroxylation sites is 2. The third kappa shape index (κ3) is 3.68. The zero-order valence-corrected chi connectivity index (χ0v) is 14.9. The fourth-order valence-corrected chi connectivity index (χ4v) is 3.52. The van der Waals surface area contributed by atoms with Gasteiger partial charge in [-0.05, 0) is 17.8 Å². The largest absolute Gasteiger partial charge is 0.423 e. The average molecular weight is 377 g/mol. The quantitative estimate of drug-likeness (QED) is 0.235. The average Bonchev–Trinajstić information content (AvgIpc) is 3.13. The Morgan fingerprint density at radius 3 is 2.15 bits per heavy atom. The van der Waals surface area contributed by atoms with Crippen LogP contribution in [0.2, 0.25) is 0 Å². The molecule has 0 aliphatic rings. The van der Waals surface area contributed by atoms with Gasteiger partial charge in [0.25, 0.3) is 10.7 Å². The predicted molar refractivity (Wildman–Crippen MR) is 103 cm³/mol. The van der Waals surface area contributed by atoms with E-state index in [2.05, 4.69) is 10.1 Å². The summed E-state index contributed by atoms with van der Waals surface area (Å²) >= 11 is 1.43. The molecule has 1 aromatic heterocycles. The minimum absolute atomic E-state index is 0.0590. The molecule has 1 heterocycles. The first-order valence-corrected chi connectivity index (χ1v) is 9.02. The lowest BCUT2D eigenvalue weighted by molar-refractivity contribution is -0.650. The van der Waals surface area contributed by atoms with Crippen LogP contribution in [0, 0.1) is 10.1 Å². The molecule has 0 saturated carbocycles. The topological polar surface area (TPSA) is 73.5 Å². The van der Waals surface area contributed by atoms with Crippen LogP contribution in [0.25, 0.3) is 16.3 Å². The van der Waals surface area contributed by atoms with Crippen molar-refractivity contribution in [3.63, 3.8) is 0 Å². The van der Waals surface area contributed by atoms with E-state index in [0.717, 1.165) is 21.9 Å². The van der Waals surface area contributed by atoms with Crippen LogP contribution in [0.1, 0.15) is 0 Å². The van der Waals surface area contributed by atoms with Crippen LogP contribution in [0.5, 0.6) is 0 Å². The first-order valence-electron chi connectivity index (χ1n) is 8.21. The molecule has 0 unspecified atom stereocenters. The number of non-ortho nitro benzene ring substituents is 1. The molecular formula is C20H14N4O2S. The molecule has 0 N–H and O–H groups in total. The lowest BCUT2D eigenvalue weighted by Gasteiger charge is -1.99. The van der Waals surface area contributed by atoms with Crippen molar-refractivity contribution in [1.29, 1.82) is 0 Å². The lowest BCUT2D eigenvalue weighted by atomic mass is 10.2. The van der Waals surface area contributed by atoms with Gasteiger partial charge in [0.05, 0.1) is 15.3 Å². The molecule has 27 heavy (non-hydrogen) atoms. The van der Waals surface area contributed by atoms with Gasteiger partial charge in [-0.3, -0.25) is 10.1 Å². The van der Waals surface area contributed by atoms with E-state index in [0.29, 0.717) is 4.80 Å². The molecule has 0 fully saturated rings. The van der Waals surface area contributed by atoms with E-state index in [1.165, 1.54) is 23.5 Å². The van der Waals surface area contributed by atoms with Crippen molar-refractivity contribution in [1.82, 2.24) is 5.10 Å². The molecular weight excluding hydrogens is 363 g/mol. The van der Waals surface area contributed by atoms with Crippen LogP contribution in [-0.2, 0) is 0 Å². The van der Waals surface area contributed by atoms with Crippen molar-refractivity contribution in [3.05, 3.63) is 99.8 Å².